The molecule has 1 N–H and O–H groups in total. The second kappa shape index (κ2) is 5.33. The Morgan fingerprint density at radius 3 is 2.80 bits per heavy atom. The van der Waals surface area contributed by atoms with Crippen molar-refractivity contribution < 1.29 is 14.3 Å². The summed E-state index contributed by atoms with van der Waals surface area (Å²) < 4.78 is 11.0. The summed E-state index contributed by atoms with van der Waals surface area (Å²) in [5.74, 6) is 1.76. The van der Waals surface area contributed by atoms with Crippen LogP contribution in [0.15, 0.2) is 41.0 Å². The minimum absolute atomic E-state index is 0.718. The van der Waals surface area contributed by atoms with Crippen LogP contribution in [0.25, 0.3) is 0 Å². The Morgan fingerprint density at radius 2 is 2.05 bits per heavy atom. The van der Waals surface area contributed by atoms with Gasteiger partial charge in [0.2, 0.25) is 0 Å². The van der Waals surface area contributed by atoms with Crippen LogP contribution >= 0.6 is 0 Å². The molecule has 1 aromatic carbocycles. The maximum absolute atomic E-state index is 11.0. The average Bonchev–Trinajstić information content (AvgIpc) is 2.96. The van der Waals surface area contributed by atoms with Gasteiger partial charge in [-0.25, -0.2) is 0 Å². The van der Waals surface area contributed by atoms with Crippen molar-refractivity contribution in [1.29, 1.82) is 0 Å². The van der Waals surface area contributed by atoms with Crippen molar-refractivity contribution in [3.63, 3.8) is 0 Å². The first-order chi connectivity index (χ1) is 9.74. The summed E-state index contributed by atoms with van der Waals surface area (Å²) >= 11 is 0. The van der Waals surface area contributed by atoms with Crippen LogP contribution < -0.4 is 4.74 Å². The third kappa shape index (κ3) is 2.22. The van der Waals surface area contributed by atoms with Gasteiger partial charge in [-0.3, -0.25) is 0 Å². The number of hydrogen-bond acceptors (Lipinski definition) is 3. The first-order valence-corrected chi connectivity index (χ1v) is 7.26. The molecule has 3 rings (SSSR count). The maximum Gasteiger partial charge on any atom is 0.119 e. The van der Waals surface area contributed by atoms with Gasteiger partial charge in [0.05, 0.1) is 12.9 Å². The Balaban J connectivity index is 1.89. The van der Waals surface area contributed by atoms with Crippen molar-refractivity contribution in [1.82, 2.24) is 0 Å². The molecular weight excluding hydrogens is 252 g/mol. The maximum atomic E-state index is 11.0. The molecule has 1 aliphatic rings. The van der Waals surface area contributed by atoms with Crippen molar-refractivity contribution in [3.8, 4) is 5.75 Å². The Kier molecular flexibility index (Phi) is 3.53. The third-order valence-corrected chi connectivity index (χ3v) is 3.94. The molecule has 2 aromatic rings. The second-order valence-electron chi connectivity index (χ2n) is 5.34. The summed E-state index contributed by atoms with van der Waals surface area (Å²) in [4.78, 5) is 0. The molecule has 0 amide bonds. The molecule has 106 valence electrons. The molecule has 20 heavy (non-hydrogen) atoms. The molecule has 3 heteroatoms. The number of aliphatic hydroxyl groups is 1. The van der Waals surface area contributed by atoms with Gasteiger partial charge in [-0.05, 0) is 43.0 Å². The van der Waals surface area contributed by atoms with E-state index in [2.05, 4.69) is 6.92 Å². The van der Waals surface area contributed by atoms with Crippen LogP contribution in [0.3, 0.4) is 0 Å². The van der Waals surface area contributed by atoms with Crippen LogP contribution in [-0.2, 0) is 12.0 Å². The molecule has 1 aromatic heterocycles. The van der Waals surface area contributed by atoms with E-state index in [4.69, 9.17) is 9.15 Å². The van der Waals surface area contributed by atoms with E-state index >= 15 is 0 Å². The summed E-state index contributed by atoms with van der Waals surface area (Å²) in [5.41, 5.74) is 0.888. The van der Waals surface area contributed by atoms with Crippen LogP contribution in [0.4, 0.5) is 0 Å². The molecule has 0 saturated heterocycles. The third-order valence-electron chi connectivity index (χ3n) is 3.94. The van der Waals surface area contributed by atoms with Gasteiger partial charge in [0.1, 0.15) is 17.1 Å². The van der Waals surface area contributed by atoms with Gasteiger partial charge in [0.25, 0.3) is 0 Å². The van der Waals surface area contributed by atoms with E-state index in [1.807, 2.05) is 30.3 Å². The van der Waals surface area contributed by atoms with Crippen molar-refractivity contribution in [2.45, 2.75) is 38.2 Å². The van der Waals surface area contributed by atoms with Gasteiger partial charge in [-0.1, -0.05) is 19.1 Å². The zero-order chi connectivity index (χ0) is 14.0. The number of furan rings is 1. The summed E-state index contributed by atoms with van der Waals surface area (Å²) in [7, 11) is 0. The summed E-state index contributed by atoms with van der Waals surface area (Å²) in [6, 6.07) is 9.64. The molecule has 0 bridgehead atoms. The highest BCUT2D eigenvalue weighted by Crippen LogP contribution is 2.41. The molecule has 0 fully saturated rings. The highest BCUT2D eigenvalue weighted by atomic mass is 16.5. The largest absolute Gasteiger partial charge is 0.494 e. The predicted molar refractivity (Wildman–Crippen MR) is 76.9 cm³/mol. The number of hydrogen-bond donors (Lipinski definition) is 1. The Morgan fingerprint density at radius 1 is 1.25 bits per heavy atom. The lowest BCUT2D eigenvalue weighted by atomic mass is 9.78. The van der Waals surface area contributed by atoms with E-state index in [1.165, 1.54) is 0 Å². The lowest BCUT2D eigenvalue weighted by molar-refractivity contribution is 0.0589. The molecule has 1 heterocycles. The minimum atomic E-state index is -0.927. The van der Waals surface area contributed by atoms with Crippen molar-refractivity contribution in [3.05, 3.63) is 53.5 Å². The van der Waals surface area contributed by atoms with E-state index in [1.54, 1.807) is 6.26 Å². The number of ether oxygens (including phenoxy) is 1. The highest BCUT2D eigenvalue weighted by molar-refractivity contribution is 5.41. The Labute approximate surface area is 119 Å². The van der Waals surface area contributed by atoms with Crippen LogP contribution in [-0.4, -0.2) is 11.7 Å². The Hall–Kier alpha value is -1.74. The van der Waals surface area contributed by atoms with Gasteiger partial charge in [0.15, 0.2) is 0 Å². The van der Waals surface area contributed by atoms with Crippen LogP contribution in [0, 0.1) is 0 Å². The number of aryl methyl sites for hydroxylation is 1. The molecular formula is C17H20O3. The van der Waals surface area contributed by atoms with Crippen LogP contribution in [0.5, 0.6) is 5.75 Å². The Bertz CT molecular complexity index is 570. The van der Waals surface area contributed by atoms with Crippen LogP contribution in [0.1, 0.15) is 43.1 Å². The van der Waals surface area contributed by atoms with E-state index in [0.29, 0.717) is 0 Å². The quantitative estimate of drug-likeness (QED) is 0.924. The second-order valence-corrected chi connectivity index (χ2v) is 5.34. The molecule has 0 aliphatic heterocycles. The number of fused-ring (bicyclic) bond motifs is 1. The monoisotopic (exact) mass is 272 g/mol. The fraction of sp³-hybridized carbons (Fsp3) is 0.412. The minimum Gasteiger partial charge on any atom is -0.494 e. The van der Waals surface area contributed by atoms with Gasteiger partial charge in [-0.15, -0.1) is 0 Å². The summed E-state index contributed by atoms with van der Waals surface area (Å²) in [5, 5.41) is 11.0. The average molecular weight is 272 g/mol. The standard InChI is InChI=1S/C17H20O3/c1-2-11-19-14-7-5-13(6-8-14)17(18)10-3-4-16-15(17)9-12-20-16/h5-9,12,18H,2-4,10-11H2,1H3. The van der Waals surface area contributed by atoms with E-state index in [0.717, 1.165) is 54.9 Å². The molecule has 0 radical (unpaired) electrons. The molecule has 0 saturated carbocycles. The fourth-order valence-electron chi connectivity index (χ4n) is 2.89. The number of rotatable bonds is 4. The normalized spacial score (nSPS) is 21.5. The van der Waals surface area contributed by atoms with Crippen molar-refractivity contribution in [2.75, 3.05) is 6.61 Å². The van der Waals surface area contributed by atoms with Gasteiger partial charge in [-0.2, -0.15) is 0 Å². The van der Waals surface area contributed by atoms with Gasteiger partial charge >= 0.3 is 0 Å². The van der Waals surface area contributed by atoms with E-state index < -0.39 is 5.60 Å². The molecule has 1 unspecified atom stereocenters. The molecule has 0 spiro atoms. The summed E-state index contributed by atoms with van der Waals surface area (Å²) in [6.45, 7) is 2.80. The van der Waals surface area contributed by atoms with Gasteiger partial charge < -0.3 is 14.3 Å². The van der Waals surface area contributed by atoms with E-state index in [9.17, 15) is 5.11 Å². The van der Waals surface area contributed by atoms with Crippen molar-refractivity contribution >= 4 is 0 Å². The van der Waals surface area contributed by atoms with Gasteiger partial charge in [0, 0.05) is 12.0 Å². The molecule has 1 atom stereocenters. The fourth-order valence-corrected chi connectivity index (χ4v) is 2.89. The SMILES string of the molecule is CCCOc1ccc(C2(O)CCCc3occc32)cc1. The first kappa shape index (κ1) is 13.3. The zero-order valence-electron chi connectivity index (χ0n) is 11.8. The first-order valence-electron chi connectivity index (χ1n) is 7.26. The lowest BCUT2D eigenvalue weighted by Crippen LogP contribution is -2.30. The molecule has 3 nitrogen and oxygen atoms in total. The zero-order valence-corrected chi connectivity index (χ0v) is 11.8. The smallest absolute Gasteiger partial charge is 0.119 e. The topological polar surface area (TPSA) is 42.6 Å². The number of benzene rings is 1. The summed E-state index contributed by atoms with van der Waals surface area (Å²) in [6.07, 6.45) is 5.23. The predicted octanol–water partition coefficient (Wildman–Crippen LogP) is 3.64. The van der Waals surface area contributed by atoms with E-state index in [-0.39, 0.29) is 0 Å². The lowest BCUT2D eigenvalue weighted by Gasteiger charge is -2.32. The molecule has 1 aliphatic carbocycles. The van der Waals surface area contributed by atoms with Crippen LogP contribution in [0.2, 0.25) is 0 Å². The highest BCUT2D eigenvalue weighted by Gasteiger charge is 2.37. The van der Waals surface area contributed by atoms with Crippen molar-refractivity contribution in [2.24, 2.45) is 0 Å².